The molecule has 2 N–H and O–H groups in total. The van der Waals surface area contributed by atoms with Crippen LogP contribution >= 0.6 is 0 Å². The van der Waals surface area contributed by atoms with Crippen LogP contribution in [0.5, 0.6) is 0 Å². The highest BCUT2D eigenvalue weighted by molar-refractivity contribution is 7.89. The molecule has 0 spiro atoms. The van der Waals surface area contributed by atoms with E-state index in [1.165, 1.54) is 12.8 Å². The Bertz CT molecular complexity index is 574. The monoisotopic (exact) mass is 313 g/mol. The lowest BCUT2D eigenvalue weighted by Gasteiger charge is -2.12. The summed E-state index contributed by atoms with van der Waals surface area (Å²) in [5.74, 6) is 1.12. The van der Waals surface area contributed by atoms with Crippen molar-refractivity contribution < 1.29 is 8.42 Å². The normalized spacial score (nSPS) is 17.4. The predicted molar refractivity (Wildman–Crippen MR) is 84.7 cm³/mol. The van der Waals surface area contributed by atoms with E-state index in [1.54, 1.807) is 12.3 Å². The minimum atomic E-state index is -3.41. The van der Waals surface area contributed by atoms with E-state index in [9.17, 15) is 8.42 Å². The maximum Gasteiger partial charge on any atom is 0.242 e. The van der Waals surface area contributed by atoms with Gasteiger partial charge in [-0.2, -0.15) is 0 Å². The maximum absolute atomic E-state index is 12.4. The molecule has 0 aromatic carbocycles. The van der Waals surface area contributed by atoms with Gasteiger partial charge in [0.25, 0.3) is 0 Å². The molecule has 120 valence electrons. The SMILES string of the molecule is CNCc1cc(S(=O)(=O)NCC(C)C2CC2)cn1C(C)C. The van der Waals surface area contributed by atoms with Crippen LogP contribution in [0.15, 0.2) is 17.2 Å². The van der Waals surface area contributed by atoms with Crippen LogP contribution in [0.1, 0.15) is 45.3 Å². The van der Waals surface area contributed by atoms with Crippen molar-refractivity contribution in [1.29, 1.82) is 0 Å². The van der Waals surface area contributed by atoms with Crippen molar-refractivity contribution in [3.63, 3.8) is 0 Å². The third-order valence-electron chi connectivity index (χ3n) is 4.15. The third-order valence-corrected chi connectivity index (χ3v) is 5.54. The largest absolute Gasteiger partial charge is 0.346 e. The van der Waals surface area contributed by atoms with Crippen LogP contribution in [0, 0.1) is 11.8 Å². The zero-order valence-electron chi connectivity index (χ0n) is 13.4. The first kappa shape index (κ1) is 16.5. The highest BCUT2D eigenvalue weighted by Gasteiger charge is 2.29. The Balaban J connectivity index is 2.12. The fourth-order valence-corrected chi connectivity index (χ4v) is 3.80. The van der Waals surface area contributed by atoms with Crippen molar-refractivity contribution in [1.82, 2.24) is 14.6 Å². The van der Waals surface area contributed by atoms with Gasteiger partial charge in [-0.1, -0.05) is 6.92 Å². The Morgan fingerprint density at radius 3 is 2.52 bits per heavy atom. The van der Waals surface area contributed by atoms with E-state index < -0.39 is 10.0 Å². The summed E-state index contributed by atoms with van der Waals surface area (Å²) >= 11 is 0. The Kier molecular flexibility index (Phi) is 5.11. The summed E-state index contributed by atoms with van der Waals surface area (Å²) < 4.78 is 29.6. The molecule has 0 amide bonds. The van der Waals surface area contributed by atoms with E-state index in [0.717, 1.165) is 5.69 Å². The first-order chi connectivity index (χ1) is 9.85. The van der Waals surface area contributed by atoms with E-state index >= 15 is 0 Å². The molecule has 1 saturated carbocycles. The molecular formula is C15H27N3O2S. The van der Waals surface area contributed by atoms with Gasteiger partial charge in [0, 0.05) is 31.0 Å². The number of nitrogens with zero attached hydrogens (tertiary/aromatic N) is 1. The van der Waals surface area contributed by atoms with Gasteiger partial charge in [0.1, 0.15) is 0 Å². The minimum Gasteiger partial charge on any atom is -0.346 e. The Labute approximate surface area is 128 Å². The van der Waals surface area contributed by atoms with Crippen molar-refractivity contribution in [2.75, 3.05) is 13.6 Å². The lowest BCUT2D eigenvalue weighted by Crippen LogP contribution is -2.29. The molecule has 1 unspecified atom stereocenters. The van der Waals surface area contributed by atoms with Crippen LogP contribution < -0.4 is 10.0 Å². The molecule has 2 rings (SSSR count). The molecule has 0 aliphatic heterocycles. The molecule has 5 nitrogen and oxygen atoms in total. The topological polar surface area (TPSA) is 63.1 Å². The van der Waals surface area contributed by atoms with Crippen molar-refractivity contribution in [3.8, 4) is 0 Å². The van der Waals surface area contributed by atoms with E-state index in [4.69, 9.17) is 0 Å². The molecule has 1 atom stereocenters. The van der Waals surface area contributed by atoms with E-state index in [1.807, 2.05) is 11.6 Å². The zero-order valence-corrected chi connectivity index (χ0v) is 14.2. The number of hydrogen-bond donors (Lipinski definition) is 2. The standard InChI is InChI=1S/C15H27N3O2S/c1-11(2)18-10-15(7-14(18)9-16-4)21(19,20)17-8-12(3)13-5-6-13/h7,10-13,16-17H,5-6,8-9H2,1-4H3. The van der Waals surface area contributed by atoms with Gasteiger partial charge in [0.2, 0.25) is 10.0 Å². The molecule has 1 aromatic heterocycles. The van der Waals surface area contributed by atoms with E-state index in [-0.39, 0.29) is 6.04 Å². The quantitative estimate of drug-likeness (QED) is 0.772. The highest BCUT2D eigenvalue weighted by Crippen LogP contribution is 2.36. The van der Waals surface area contributed by atoms with Gasteiger partial charge in [-0.25, -0.2) is 13.1 Å². The maximum atomic E-state index is 12.4. The van der Waals surface area contributed by atoms with E-state index in [2.05, 4.69) is 30.8 Å². The second-order valence-corrected chi connectivity index (χ2v) is 8.13. The van der Waals surface area contributed by atoms with Crippen LogP contribution in [0.2, 0.25) is 0 Å². The number of aromatic nitrogens is 1. The molecular weight excluding hydrogens is 286 g/mol. The predicted octanol–water partition coefficient (Wildman–Crippen LogP) is 2.11. The molecule has 0 radical (unpaired) electrons. The Morgan fingerprint density at radius 2 is 2.00 bits per heavy atom. The van der Waals surface area contributed by atoms with Gasteiger partial charge in [-0.3, -0.25) is 0 Å². The molecule has 21 heavy (non-hydrogen) atoms. The summed E-state index contributed by atoms with van der Waals surface area (Å²) in [6.45, 7) is 7.41. The van der Waals surface area contributed by atoms with Crippen LogP contribution in [0.25, 0.3) is 0 Å². The summed E-state index contributed by atoms with van der Waals surface area (Å²) in [6.07, 6.45) is 4.21. The fourth-order valence-electron chi connectivity index (χ4n) is 2.60. The number of hydrogen-bond acceptors (Lipinski definition) is 3. The summed E-state index contributed by atoms with van der Waals surface area (Å²) in [5, 5.41) is 3.08. The first-order valence-electron chi connectivity index (χ1n) is 7.70. The van der Waals surface area contributed by atoms with Crippen LogP contribution in [0.4, 0.5) is 0 Å². The molecule has 1 aromatic rings. The van der Waals surface area contributed by atoms with Gasteiger partial charge in [-0.15, -0.1) is 0 Å². The minimum absolute atomic E-state index is 0.239. The Morgan fingerprint density at radius 1 is 1.33 bits per heavy atom. The van der Waals surface area contributed by atoms with Crippen molar-refractivity contribution >= 4 is 10.0 Å². The van der Waals surface area contributed by atoms with Crippen LogP contribution in [-0.2, 0) is 16.6 Å². The molecule has 1 aliphatic carbocycles. The first-order valence-corrected chi connectivity index (χ1v) is 9.18. The summed E-state index contributed by atoms with van der Waals surface area (Å²) in [7, 11) is -1.55. The number of rotatable bonds is 8. The fraction of sp³-hybridized carbons (Fsp3) is 0.733. The molecule has 0 saturated heterocycles. The number of sulfonamides is 1. The van der Waals surface area contributed by atoms with Crippen LogP contribution in [-0.4, -0.2) is 26.6 Å². The van der Waals surface area contributed by atoms with E-state index in [0.29, 0.717) is 29.8 Å². The van der Waals surface area contributed by atoms with Crippen molar-refractivity contribution in [2.24, 2.45) is 11.8 Å². The van der Waals surface area contributed by atoms with Crippen LogP contribution in [0.3, 0.4) is 0 Å². The average molecular weight is 313 g/mol. The second kappa shape index (κ2) is 6.50. The third kappa shape index (κ3) is 4.08. The van der Waals surface area contributed by atoms with Gasteiger partial charge in [0.05, 0.1) is 4.90 Å². The van der Waals surface area contributed by atoms with Crippen molar-refractivity contribution in [2.45, 2.75) is 51.1 Å². The lowest BCUT2D eigenvalue weighted by molar-refractivity contribution is 0.491. The zero-order chi connectivity index (χ0) is 15.6. The van der Waals surface area contributed by atoms with Gasteiger partial charge in [-0.05, 0) is 51.6 Å². The summed E-state index contributed by atoms with van der Waals surface area (Å²) in [6, 6.07) is 2.00. The molecule has 1 fully saturated rings. The highest BCUT2D eigenvalue weighted by atomic mass is 32.2. The van der Waals surface area contributed by atoms with Crippen molar-refractivity contribution in [3.05, 3.63) is 18.0 Å². The van der Waals surface area contributed by atoms with Gasteiger partial charge < -0.3 is 9.88 Å². The van der Waals surface area contributed by atoms with Gasteiger partial charge >= 0.3 is 0 Å². The number of nitrogens with one attached hydrogen (secondary N) is 2. The Hall–Kier alpha value is -0.850. The molecule has 1 aliphatic rings. The smallest absolute Gasteiger partial charge is 0.242 e. The summed E-state index contributed by atoms with van der Waals surface area (Å²) in [5.41, 5.74) is 0.989. The second-order valence-electron chi connectivity index (χ2n) is 6.37. The molecule has 6 heteroatoms. The molecule has 1 heterocycles. The average Bonchev–Trinajstić information content (AvgIpc) is 3.17. The lowest BCUT2D eigenvalue weighted by atomic mass is 10.1. The summed E-state index contributed by atoms with van der Waals surface area (Å²) in [4.78, 5) is 0.365. The molecule has 0 bridgehead atoms. The van der Waals surface area contributed by atoms with Gasteiger partial charge in [0.15, 0.2) is 0 Å².